The minimum Gasteiger partial charge on any atom is -0.871 e. The van der Waals surface area contributed by atoms with E-state index in [1.807, 2.05) is 48.5 Å². The number of thioether (sulfide) groups is 2. The third-order valence-electron chi connectivity index (χ3n) is 8.37. The zero-order valence-electron chi connectivity index (χ0n) is 24.5. The third-order valence-corrected chi connectivity index (χ3v) is 10.7. The molecule has 6 nitrogen and oxygen atoms in total. The van der Waals surface area contributed by atoms with Gasteiger partial charge in [-0.2, -0.15) is 0 Å². The maximum absolute atomic E-state index is 13.6. The molecule has 0 bridgehead atoms. The second-order valence-electron chi connectivity index (χ2n) is 11.2. The van der Waals surface area contributed by atoms with Crippen molar-refractivity contribution in [2.45, 2.75) is 49.3 Å². The third kappa shape index (κ3) is 4.42. The molecule has 0 atom stereocenters. The van der Waals surface area contributed by atoms with Crippen LogP contribution in [0.5, 0.6) is 0 Å². The van der Waals surface area contributed by atoms with Crippen molar-refractivity contribution in [2.24, 2.45) is 0 Å². The maximum atomic E-state index is 13.6. The fraction of sp³-hybridized carbons (Fsp3) is 0.222. The summed E-state index contributed by atoms with van der Waals surface area (Å²) in [6.45, 7) is 5.68. The SMILES string of the molecule is CCCCN1C(=C2C(=O)C(c3cccc(C4=C([O-])C(=C5Sc6ccccc6N5CCCC)C4=O)c3)=C2[O-])Sc2ccccc21. The highest BCUT2D eigenvalue weighted by Crippen LogP contribution is 2.53. The number of allylic oxidation sites excluding steroid dienone is 4. The van der Waals surface area contributed by atoms with Crippen LogP contribution in [0.3, 0.4) is 0 Å². The molecule has 0 N–H and O–H groups in total. The van der Waals surface area contributed by atoms with E-state index in [-0.39, 0.29) is 45.4 Å². The van der Waals surface area contributed by atoms with E-state index >= 15 is 0 Å². The number of fused-ring (bicyclic) bond motifs is 2. The molecule has 7 rings (SSSR count). The number of hydrogen-bond donors (Lipinski definition) is 0. The Morgan fingerprint density at radius 2 is 1.02 bits per heavy atom. The van der Waals surface area contributed by atoms with E-state index in [0.29, 0.717) is 21.2 Å². The number of rotatable bonds is 8. The largest absolute Gasteiger partial charge is 0.871 e. The van der Waals surface area contributed by atoms with Crippen LogP contribution in [0, 0.1) is 0 Å². The molecule has 0 saturated heterocycles. The molecule has 0 radical (unpaired) electrons. The number of anilines is 2. The van der Waals surface area contributed by atoms with E-state index in [0.717, 1.165) is 59.9 Å². The first kappa shape index (κ1) is 28.6. The number of Topliss-reactive ketones (excluding diaryl/α,β-unsaturated/α-hetero) is 2. The Morgan fingerprint density at radius 3 is 1.43 bits per heavy atom. The fourth-order valence-electron chi connectivity index (χ4n) is 6.05. The fourth-order valence-corrected chi connectivity index (χ4v) is 8.50. The van der Waals surface area contributed by atoms with Crippen molar-refractivity contribution in [1.82, 2.24) is 0 Å². The zero-order chi connectivity index (χ0) is 30.5. The van der Waals surface area contributed by atoms with Gasteiger partial charge in [-0.05, 0) is 54.3 Å². The van der Waals surface area contributed by atoms with Crippen molar-refractivity contribution in [1.29, 1.82) is 0 Å². The highest BCUT2D eigenvalue weighted by atomic mass is 32.2. The van der Waals surface area contributed by atoms with Crippen LogP contribution in [-0.4, -0.2) is 24.7 Å². The van der Waals surface area contributed by atoms with Crippen LogP contribution in [-0.2, 0) is 9.59 Å². The molecule has 3 aromatic carbocycles. The summed E-state index contributed by atoms with van der Waals surface area (Å²) in [4.78, 5) is 33.4. The monoisotopic (exact) mass is 618 g/mol. The second kappa shape index (κ2) is 11.4. The van der Waals surface area contributed by atoms with Crippen molar-refractivity contribution < 1.29 is 19.8 Å². The zero-order valence-corrected chi connectivity index (χ0v) is 26.1. The van der Waals surface area contributed by atoms with Crippen LogP contribution in [0.2, 0.25) is 0 Å². The lowest BCUT2D eigenvalue weighted by atomic mass is 9.80. The average molecular weight is 619 g/mol. The van der Waals surface area contributed by atoms with Gasteiger partial charge in [0.05, 0.1) is 21.4 Å². The molecule has 0 amide bonds. The summed E-state index contributed by atoms with van der Waals surface area (Å²) in [7, 11) is 0. The van der Waals surface area contributed by atoms with Gasteiger partial charge in [-0.25, -0.2) is 0 Å². The normalized spacial score (nSPS) is 20.8. The Morgan fingerprint density at radius 1 is 0.591 bits per heavy atom. The highest BCUT2D eigenvalue weighted by Gasteiger charge is 2.39. The number of hydrogen-bond acceptors (Lipinski definition) is 8. The second-order valence-corrected chi connectivity index (χ2v) is 13.2. The van der Waals surface area contributed by atoms with Gasteiger partial charge in [-0.3, -0.25) is 9.59 Å². The lowest BCUT2D eigenvalue weighted by molar-refractivity contribution is -0.298. The van der Waals surface area contributed by atoms with Crippen molar-refractivity contribution in [3.8, 4) is 0 Å². The first-order valence-corrected chi connectivity index (χ1v) is 16.7. The number of nitrogens with zero attached hydrogens (tertiary/aromatic N) is 2. The molecule has 2 aliphatic carbocycles. The molecule has 0 aromatic heterocycles. The number of benzene rings is 3. The van der Waals surface area contributed by atoms with Crippen LogP contribution in [0.1, 0.15) is 50.7 Å². The van der Waals surface area contributed by atoms with Crippen molar-refractivity contribution in [2.75, 3.05) is 22.9 Å². The molecular formula is C36H30N2O4S2-2. The summed E-state index contributed by atoms with van der Waals surface area (Å²) in [5.74, 6) is -1.19. The smallest absolute Gasteiger partial charge is 0.195 e. The van der Waals surface area contributed by atoms with Crippen LogP contribution < -0.4 is 20.0 Å². The van der Waals surface area contributed by atoms with Crippen LogP contribution in [0.25, 0.3) is 11.1 Å². The molecule has 4 aliphatic rings. The van der Waals surface area contributed by atoms with Crippen LogP contribution >= 0.6 is 23.5 Å². The Balaban J connectivity index is 1.23. The number of carbonyl (C=O) groups excluding carboxylic acids is 2. The summed E-state index contributed by atoms with van der Waals surface area (Å²) in [5, 5.41) is 28.5. The lowest BCUT2D eigenvalue weighted by Crippen LogP contribution is -2.34. The molecule has 2 aliphatic heterocycles. The molecule has 222 valence electrons. The van der Waals surface area contributed by atoms with Gasteiger partial charge in [-0.1, -0.05) is 104 Å². The highest BCUT2D eigenvalue weighted by molar-refractivity contribution is 8.04. The molecule has 44 heavy (non-hydrogen) atoms. The van der Waals surface area contributed by atoms with Gasteiger partial charge in [0.15, 0.2) is 11.6 Å². The van der Waals surface area contributed by atoms with E-state index in [1.165, 1.54) is 23.5 Å². The average Bonchev–Trinajstić information content (AvgIpc) is 3.56. The van der Waals surface area contributed by atoms with Gasteiger partial charge < -0.3 is 20.0 Å². The number of carbonyl (C=O) groups is 2. The Bertz CT molecular complexity index is 1740. The van der Waals surface area contributed by atoms with E-state index in [9.17, 15) is 19.8 Å². The molecule has 3 aromatic rings. The van der Waals surface area contributed by atoms with Gasteiger partial charge >= 0.3 is 0 Å². The molecule has 8 heteroatoms. The molecule has 0 spiro atoms. The first-order valence-electron chi connectivity index (χ1n) is 15.1. The summed E-state index contributed by atoms with van der Waals surface area (Å²) < 4.78 is 0. The van der Waals surface area contributed by atoms with Crippen LogP contribution in [0.4, 0.5) is 11.4 Å². The van der Waals surface area contributed by atoms with Crippen molar-refractivity contribution in [3.05, 3.63) is 117 Å². The Labute approximate surface area is 265 Å². The molecule has 2 heterocycles. The van der Waals surface area contributed by atoms with Gasteiger partial charge in [0.2, 0.25) is 0 Å². The molecular weight excluding hydrogens is 589 g/mol. The Kier molecular flexibility index (Phi) is 7.42. The first-order chi connectivity index (χ1) is 21.4. The lowest BCUT2D eigenvalue weighted by Gasteiger charge is -2.35. The number of para-hydroxylation sites is 2. The van der Waals surface area contributed by atoms with E-state index in [2.05, 4.69) is 23.6 Å². The summed E-state index contributed by atoms with van der Waals surface area (Å²) in [6.07, 6.45) is 3.86. The van der Waals surface area contributed by atoms with Gasteiger partial charge in [0, 0.05) is 45.2 Å². The van der Waals surface area contributed by atoms with E-state index < -0.39 is 0 Å². The quantitative estimate of drug-likeness (QED) is 0.274. The van der Waals surface area contributed by atoms with Gasteiger partial charge in [0.1, 0.15) is 0 Å². The molecule has 0 fully saturated rings. The van der Waals surface area contributed by atoms with E-state index in [1.54, 1.807) is 24.3 Å². The van der Waals surface area contributed by atoms with E-state index in [4.69, 9.17) is 0 Å². The predicted octanol–water partition coefficient (Wildman–Crippen LogP) is 6.24. The topological polar surface area (TPSA) is 86.7 Å². The van der Waals surface area contributed by atoms with Crippen molar-refractivity contribution in [3.63, 3.8) is 0 Å². The van der Waals surface area contributed by atoms with Gasteiger partial charge in [0.25, 0.3) is 0 Å². The van der Waals surface area contributed by atoms with Gasteiger partial charge in [-0.15, -0.1) is 0 Å². The molecule has 0 saturated carbocycles. The standard InChI is InChI=1S/C36H32N2O4S2/c1-3-5-18-37-23-14-7-9-16-25(23)43-35(37)29-31(39)27(32(29)40)21-12-11-13-22(20-21)28-33(41)30(34(28)42)36-38(19-6-4-2)24-15-8-10-17-26(24)44-36/h7-17,20,39,41H,3-6,18-19H2,1-2H3/p-2. The molecule has 0 unspecified atom stereocenters. The minimum atomic E-state index is -0.297. The maximum Gasteiger partial charge on any atom is 0.195 e. The van der Waals surface area contributed by atoms with Crippen molar-refractivity contribution >= 4 is 57.6 Å². The number of unbranched alkanes of at least 4 members (excludes halogenated alkanes) is 2. The summed E-state index contributed by atoms with van der Waals surface area (Å²) >= 11 is 2.93. The summed E-state index contributed by atoms with van der Waals surface area (Å²) in [6, 6.07) is 22.6. The summed E-state index contributed by atoms with van der Waals surface area (Å²) in [5.41, 5.74) is 3.54. The predicted molar refractivity (Wildman–Crippen MR) is 173 cm³/mol. The van der Waals surface area contributed by atoms with Crippen LogP contribution in [0.15, 0.2) is 115 Å². The minimum absolute atomic E-state index is 0.104. The Hall–Kier alpha value is -4.14. The number of ketones is 2.